The van der Waals surface area contributed by atoms with E-state index in [0.29, 0.717) is 36.2 Å². The van der Waals surface area contributed by atoms with Crippen molar-refractivity contribution < 1.29 is 8.42 Å². The summed E-state index contributed by atoms with van der Waals surface area (Å²) >= 11 is 0. The van der Waals surface area contributed by atoms with Crippen molar-refractivity contribution in [3.05, 3.63) is 66.1 Å². The molecular formula is C21H25N5O2S. The van der Waals surface area contributed by atoms with Crippen LogP contribution in [0, 0.1) is 6.92 Å². The third kappa shape index (κ3) is 4.96. The van der Waals surface area contributed by atoms with Crippen LogP contribution in [0.25, 0.3) is 11.4 Å². The van der Waals surface area contributed by atoms with Gasteiger partial charge in [-0.25, -0.2) is 18.4 Å². The molecule has 29 heavy (non-hydrogen) atoms. The first-order valence-electron chi connectivity index (χ1n) is 9.53. The Labute approximate surface area is 171 Å². The molecule has 0 unspecified atom stereocenters. The minimum atomic E-state index is -3.44. The van der Waals surface area contributed by atoms with Crippen molar-refractivity contribution in [3.8, 4) is 11.4 Å². The molecule has 3 rings (SSSR count). The monoisotopic (exact) mass is 411 g/mol. The molecule has 0 saturated carbocycles. The van der Waals surface area contributed by atoms with E-state index < -0.39 is 10.0 Å². The molecule has 7 nitrogen and oxygen atoms in total. The Morgan fingerprint density at radius 2 is 1.62 bits per heavy atom. The van der Waals surface area contributed by atoms with E-state index >= 15 is 0 Å². The van der Waals surface area contributed by atoms with Crippen molar-refractivity contribution in [2.24, 2.45) is 0 Å². The second kappa shape index (κ2) is 9.11. The lowest BCUT2D eigenvalue weighted by Crippen LogP contribution is -2.30. The Kier molecular flexibility index (Phi) is 6.56. The number of hydrogen-bond donors (Lipinski definition) is 1. The highest BCUT2D eigenvalue weighted by Crippen LogP contribution is 2.19. The maximum absolute atomic E-state index is 12.6. The number of aromatic nitrogens is 3. The highest BCUT2D eigenvalue weighted by molar-refractivity contribution is 7.89. The number of anilines is 1. The molecule has 3 aromatic rings. The van der Waals surface area contributed by atoms with Gasteiger partial charge in [-0.15, -0.1) is 0 Å². The first kappa shape index (κ1) is 20.9. The third-order valence-electron chi connectivity index (χ3n) is 4.53. The molecular weight excluding hydrogens is 386 g/mol. The van der Waals surface area contributed by atoms with E-state index in [9.17, 15) is 8.42 Å². The normalized spacial score (nSPS) is 11.6. The van der Waals surface area contributed by atoms with Gasteiger partial charge in [-0.05, 0) is 36.8 Å². The van der Waals surface area contributed by atoms with Crippen molar-refractivity contribution in [1.29, 1.82) is 0 Å². The van der Waals surface area contributed by atoms with E-state index in [-0.39, 0.29) is 0 Å². The Morgan fingerprint density at radius 3 is 2.24 bits per heavy atom. The van der Waals surface area contributed by atoms with Crippen LogP contribution in [-0.2, 0) is 16.6 Å². The van der Waals surface area contributed by atoms with Crippen LogP contribution in [-0.4, -0.2) is 40.8 Å². The highest BCUT2D eigenvalue weighted by atomic mass is 32.2. The average molecular weight is 412 g/mol. The number of rotatable bonds is 8. The highest BCUT2D eigenvalue weighted by Gasteiger charge is 2.21. The number of hydrogen-bond acceptors (Lipinski definition) is 6. The number of benzene rings is 1. The molecule has 0 aliphatic rings. The van der Waals surface area contributed by atoms with Crippen molar-refractivity contribution in [2.75, 3.05) is 18.4 Å². The van der Waals surface area contributed by atoms with Crippen molar-refractivity contribution in [2.45, 2.75) is 32.2 Å². The summed E-state index contributed by atoms with van der Waals surface area (Å²) in [6, 6.07) is 12.6. The molecule has 0 amide bonds. The molecule has 0 aliphatic carbocycles. The zero-order valence-electron chi connectivity index (χ0n) is 16.8. The first-order chi connectivity index (χ1) is 13.9. The van der Waals surface area contributed by atoms with E-state index in [1.165, 1.54) is 4.31 Å². The van der Waals surface area contributed by atoms with Gasteiger partial charge in [0.25, 0.3) is 0 Å². The number of sulfonamides is 1. The van der Waals surface area contributed by atoms with E-state index in [0.717, 1.165) is 16.8 Å². The number of aryl methyl sites for hydroxylation is 1. The van der Waals surface area contributed by atoms with Crippen LogP contribution in [0.15, 0.2) is 59.8 Å². The zero-order valence-corrected chi connectivity index (χ0v) is 17.6. The smallest absolute Gasteiger partial charge is 0.243 e. The van der Waals surface area contributed by atoms with Gasteiger partial charge in [0.2, 0.25) is 10.0 Å². The van der Waals surface area contributed by atoms with Crippen LogP contribution in [0.2, 0.25) is 0 Å². The van der Waals surface area contributed by atoms with Gasteiger partial charge in [-0.3, -0.25) is 4.98 Å². The minimum absolute atomic E-state index is 0.308. The summed E-state index contributed by atoms with van der Waals surface area (Å²) in [4.78, 5) is 13.4. The van der Waals surface area contributed by atoms with E-state index in [1.807, 2.05) is 51.1 Å². The Hall–Kier alpha value is -2.84. The number of nitrogens with zero attached hydrogens (tertiary/aromatic N) is 4. The molecule has 2 aromatic heterocycles. The number of nitrogens with one attached hydrogen (secondary N) is 1. The van der Waals surface area contributed by atoms with Crippen LogP contribution in [0.1, 0.15) is 25.1 Å². The van der Waals surface area contributed by atoms with Gasteiger partial charge in [0, 0.05) is 49.4 Å². The minimum Gasteiger partial charge on any atom is -0.366 e. The van der Waals surface area contributed by atoms with E-state index in [2.05, 4.69) is 20.3 Å². The molecule has 8 heteroatoms. The maximum atomic E-state index is 12.6. The van der Waals surface area contributed by atoms with Crippen LogP contribution < -0.4 is 5.32 Å². The molecule has 1 N–H and O–H groups in total. The summed E-state index contributed by atoms with van der Waals surface area (Å²) in [7, 11) is -3.44. The Balaban J connectivity index is 1.73. The fourth-order valence-electron chi connectivity index (χ4n) is 2.97. The molecule has 0 atom stereocenters. The standard InChI is InChI=1S/C21H25N5O2S/c1-4-26(5-2)29(27,28)19-8-6-17(7-9-19)15-23-20-14-16(3)24-21(25-20)18-10-12-22-13-11-18/h6-14H,4-5,15H2,1-3H3,(H,23,24,25). The fraction of sp³-hybridized carbons (Fsp3) is 0.286. The maximum Gasteiger partial charge on any atom is 0.243 e. The lowest BCUT2D eigenvalue weighted by atomic mass is 10.2. The molecule has 2 heterocycles. The fourth-order valence-corrected chi connectivity index (χ4v) is 4.43. The van der Waals surface area contributed by atoms with Crippen LogP contribution in [0.5, 0.6) is 0 Å². The number of pyridine rings is 1. The van der Waals surface area contributed by atoms with Crippen LogP contribution >= 0.6 is 0 Å². The third-order valence-corrected chi connectivity index (χ3v) is 6.60. The lowest BCUT2D eigenvalue weighted by molar-refractivity contribution is 0.445. The largest absolute Gasteiger partial charge is 0.366 e. The van der Waals surface area contributed by atoms with Crippen molar-refractivity contribution >= 4 is 15.8 Å². The molecule has 1 aromatic carbocycles. The van der Waals surface area contributed by atoms with Gasteiger partial charge in [0.05, 0.1) is 4.90 Å². The molecule has 0 radical (unpaired) electrons. The second-order valence-electron chi connectivity index (χ2n) is 6.54. The van der Waals surface area contributed by atoms with Crippen LogP contribution in [0.4, 0.5) is 5.82 Å². The van der Waals surface area contributed by atoms with Gasteiger partial charge in [-0.1, -0.05) is 26.0 Å². The summed E-state index contributed by atoms with van der Waals surface area (Å²) in [6.07, 6.45) is 3.42. The molecule has 0 bridgehead atoms. The molecule has 0 fully saturated rings. The predicted molar refractivity (Wildman–Crippen MR) is 114 cm³/mol. The summed E-state index contributed by atoms with van der Waals surface area (Å²) in [5.41, 5.74) is 2.72. The molecule has 0 aliphatic heterocycles. The topological polar surface area (TPSA) is 88.1 Å². The molecule has 152 valence electrons. The summed E-state index contributed by atoms with van der Waals surface area (Å²) in [5, 5.41) is 3.29. The molecule has 0 spiro atoms. The summed E-state index contributed by atoms with van der Waals surface area (Å²) in [6.45, 7) is 7.03. The van der Waals surface area contributed by atoms with Gasteiger partial charge in [0.1, 0.15) is 5.82 Å². The quantitative estimate of drug-likeness (QED) is 0.610. The first-order valence-corrected chi connectivity index (χ1v) is 11.0. The average Bonchev–Trinajstić information content (AvgIpc) is 2.73. The second-order valence-corrected chi connectivity index (χ2v) is 8.48. The van der Waals surface area contributed by atoms with Gasteiger partial charge in [0.15, 0.2) is 5.82 Å². The van der Waals surface area contributed by atoms with Crippen molar-refractivity contribution in [3.63, 3.8) is 0 Å². The van der Waals surface area contributed by atoms with Crippen molar-refractivity contribution in [1.82, 2.24) is 19.3 Å². The lowest BCUT2D eigenvalue weighted by Gasteiger charge is -2.18. The van der Waals surface area contributed by atoms with E-state index in [1.54, 1.807) is 24.5 Å². The SMILES string of the molecule is CCN(CC)S(=O)(=O)c1ccc(CNc2cc(C)nc(-c3ccncc3)n2)cc1. The Bertz CT molecular complexity index is 1050. The van der Waals surface area contributed by atoms with E-state index in [4.69, 9.17) is 0 Å². The van der Waals surface area contributed by atoms with Gasteiger partial charge in [-0.2, -0.15) is 4.31 Å². The Morgan fingerprint density at radius 1 is 0.966 bits per heavy atom. The van der Waals surface area contributed by atoms with Crippen LogP contribution in [0.3, 0.4) is 0 Å². The van der Waals surface area contributed by atoms with Gasteiger partial charge < -0.3 is 5.32 Å². The predicted octanol–water partition coefficient (Wildman–Crippen LogP) is 3.49. The van der Waals surface area contributed by atoms with Gasteiger partial charge >= 0.3 is 0 Å². The summed E-state index contributed by atoms with van der Waals surface area (Å²) < 4.78 is 26.6. The molecule has 0 saturated heterocycles. The zero-order chi connectivity index (χ0) is 20.9. The summed E-state index contributed by atoms with van der Waals surface area (Å²) in [5.74, 6) is 1.35.